The molecule has 0 aliphatic heterocycles. The molecular weight excluding hydrogens is 338 g/mol. The van der Waals surface area contributed by atoms with E-state index in [0.717, 1.165) is 16.0 Å². The fraction of sp³-hybridized carbons (Fsp3) is 0.389. The molecule has 0 fully saturated rings. The van der Waals surface area contributed by atoms with E-state index >= 15 is 0 Å². The van der Waals surface area contributed by atoms with Crippen LogP contribution in [0.5, 0.6) is 0 Å². The molecule has 2 N–H and O–H groups in total. The third kappa shape index (κ3) is 4.79. The minimum Gasteiger partial charge on any atom is -0.465 e. The number of carboxylic acid groups (broad SMARTS) is 1. The van der Waals surface area contributed by atoms with Crippen molar-refractivity contribution in [1.29, 1.82) is 0 Å². The molecule has 0 saturated carbocycles. The molecular formula is C18H23N3O3S. The lowest BCUT2D eigenvalue weighted by Crippen LogP contribution is -2.48. The fourth-order valence-electron chi connectivity index (χ4n) is 2.40. The summed E-state index contributed by atoms with van der Waals surface area (Å²) in [4.78, 5) is 30.0. The standard InChI is InChI=1S/C18H23N3O3S/c1-12-5-7-13(8-6-12)15-14(20-11-25-15)16(22)19-9-10-21(17(23)24)18(2,3)4/h5-8,11H,9-10H2,1-4H3,(H,19,22)(H,23,24). The summed E-state index contributed by atoms with van der Waals surface area (Å²) < 4.78 is 0. The van der Waals surface area contributed by atoms with Crippen molar-refractivity contribution >= 4 is 23.3 Å². The molecule has 0 radical (unpaired) electrons. The van der Waals surface area contributed by atoms with E-state index in [1.807, 2.05) is 52.0 Å². The Balaban J connectivity index is 2.04. The Morgan fingerprint density at radius 2 is 1.88 bits per heavy atom. The number of nitrogens with one attached hydrogen (secondary N) is 1. The molecule has 0 aliphatic rings. The number of aromatic nitrogens is 1. The van der Waals surface area contributed by atoms with Gasteiger partial charge in [-0.05, 0) is 33.3 Å². The summed E-state index contributed by atoms with van der Waals surface area (Å²) in [5.74, 6) is -0.295. The molecule has 6 nitrogen and oxygen atoms in total. The molecule has 7 heteroatoms. The predicted octanol–water partition coefficient (Wildman–Crippen LogP) is 3.63. The normalized spacial score (nSPS) is 11.2. The fourth-order valence-corrected chi connectivity index (χ4v) is 3.19. The van der Waals surface area contributed by atoms with E-state index in [2.05, 4.69) is 10.3 Å². The van der Waals surface area contributed by atoms with Crippen LogP contribution in [0.3, 0.4) is 0 Å². The van der Waals surface area contributed by atoms with E-state index in [9.17, 15) is 14.7 Å². The number of aryl methyl sites for hydroxylation is 1. The first kappa shape index (κ1) is 18.9. The molecule has 2 amide bonds. The number of hydrogen-bond acceptors (Lipinski definition) is 4. The van der Waals surface area contributed by atoms with Crippen LogP contribution in [0.1, 0.15) is 36.8 Å². The SMILES string of the molecule is Cc1ccc(-c2scnc2C(=O)NCCN(C(=O)O)C(C)(C)C)cc1. The molecule has 0 atom stereocenters. The number of rotatable bonds is 5. The van der Waals surface area contributed by atoms with Crippen molar-refractivity contribution in [2.75, 3.05) is 13.1 Å². The summed E-state index contributed by atoms with van der Waals surface area (Å²) in [5.41, 5.74) is 3.58. The average Bonchev–Trinajstić information content (AvgIpc) is 3.00. The molecule has 2 rings (SSSR count). The number of nitrogens with zero attached hydrogens (tertiary/aromatic N) is 2. The zero-order chi connectivity index (χ0) is 18.6. The first-order valence-corrected chi connectivity index (χ1v) is 8.87. The van der Waals surface area contributed by atoms with Gasteiger partial charge >= 0.3 is 6.09 Å². The highest BCUT2D eigenvalue weighted by Gasteiger charge is 2.26. The highest BCUT2D eigenvalue weighted by atomic mass is 32.1. The summed E-state index contributed by atoms with van der Waals surface area (Å²) in [7, 11) is 0. The Hall–Kier alpha value is -2.41. The van der Waals surface area contributed by atoms with Crippen LogP contribution < -0.4 is 5.32 Å². The molecule has 2 aromatic rings. The number of hydrogen-bond donors (Lipinski definition) is 2. The Bertz CT molecular complexity index is 748. The van der Waals surface area contributed by atoms with Crippen LogP contribution in [0, 0.1) is 6.92 Å². The van der Waals surface area contributed by atoms with Gasteiger partial charge in [0.15, 0.2) is 0 Å². The lowest BCUT2D eigenvalue weighted by Gasteiger charge is -2.33. The van der Waals surface area contributed by atoms with Crippen molar-refractivity contribution in [3.8, 4) is 10.4 Å². The van der Waals surface area contributed by atoms with Gasteiger partial charge in [0.05, 0.1) is 10.4 Å². The first-order valence-electron chi connectivity index (χ1n) is 7.99. The Morgan fingerprint density at radius 1 is 1.24 bits per heavy atom. The van der Waals surface area contributed by atoms with Gasteiger partial charge < -0.3 is 15.3 Å². The molecule has 1 aromatic carbocycles. The van der Waals surface area contributed by atoms with Gasteiger partial charge in [0.25, 0.3) is 5.91 Å². The van der Waals surface area contributed by atoms with Gasteiger partial charge in [-0.2, -0.15) is 0 Å². The minimum absolute atomic E-state index is 0.217. The third-order valence-electron chi connectivity index (χ3n) is 3.76. The lowest BCUT2D eigenvalue weighted by molar-refractivity contribution is 0.0889. The van der Waals surface area contributed by atoms with E-state index in [0.29, 0.717) is 5.69 Å². The van der Waals surface area contributed by atoms with Crippen LogP contribution in [0.2, 0.25) is 0 Å². The topological polar surface area (TPSA) is 82.5 Å². The van der Waals surface area contributed by atoms with Crippen LogP contribution in [0.4, 0.5) is 4.79 Å². The van der Waals surface area contributed by atoms with E-state index in [1.54, 1.807) is 5.51 Å². The molecule has 0 aliphatic carbocycles. The second kappa shape index (κ2) is 7.65. The maximum Gasteiger partial charge on any atom is 0.407 e. The van der Waals surface area contributed by atoms with Crippen LogP contribution in [0.15, 0.2) is 29.8 Å². The second-order valence-electron chi connectivity index (χ2n) is 6.76. The van der Waals surface area contributed by atoms with Gasteiger partial charge in [0, 0.05) is 18.6 Å². The van der Waals surface area contributed by atoms with E-state index in [4.69, 9.17) is 0 Å². The van der Waals surface area contributed by atoms with Crippen molar-refractivity contribution in [3.63, 3.8) is 0 Å². The number of carbonyl (C=O) groups excluding carboxylic acids is 1. The number of benzene rings is 1. The monoisotopic (exact) mass is 361 g/mol. The zero-order valence-corrected chi connectivity index (χ0v) is 15.7. The average molecular weight is 361 g/mol. The van der Waals surface area contributed by atoms with Gasteiger partial charge in [0.2, 0.25) is 0 Å². The van der Waals surface area contributed by atoms with Gasteiger partial charge in [0.1, 0.15) is 5.69 Å². The molecule has 0 bridgehead atoms. The molecule has 0 saturated heterocycles. The minimum atomic E-state index is -1.00. The summed E-state index contributed by atoms with van der Waals surface area (Å²) in [6.45, 7) is 7.91. The molecule has 1 heterocycles. The van der Waals surface area contributed by atoms with Crippen LogP contribution in [-0.4, -0.2) is 45.6 Å². The van der Waals surface area contributed by atoms with Gasteiger partial charge in [-0.1, -0.05) is 29.8 Å². The first-order chi connectivity index (χ1) is 11.7. The van der Waals surface area contributed by atoms with E-state index in [1.165, 1.54) is 16.2 Å². The highest BCUT2D eigenvalue weighted by Crippen LogP contribution is 2.27. The van der Waals surface area contributed by atoms with Crippen LogP contribution in [-0.2, 0) is 0 Å². The van der Waals surface area contributed by atoms with Crippen molar-refractivity contribution in [1.82, 2.24) is 15.2 Å². The van der Waals surface area contributed by atoms with Gasteiger partial charge in [-0.25, -0.2) is 9.78 Å². The quantitative estimate of drug-likeness (QED) is 0.852. The van der Waals surface area contributed by atoms with Crippen LogP contribution in [0.25, 0.3) is 10.4 Å². The Kier molecular flexibility index (Phi) is 5.79. The highest BCUT2D eigenvalue weighted by molar-refractivity contribution is 7.13. The van der Waals surface area contributed by atoms with Gasteiger partial charge in [-0.15, -0.1) is 11.3 Å². The largest absolute Gasteiger partial charge is 0.465 e. The Morgan fingerprint density at radius 3 is 2.44 bits per heavy atom. The summed E-state index contributed by atoms with van der Waals surface area (Å²) in [5, 5.41) is 12.0. The van der Waals surface area contributed by atoms with Crippen molar-refractivity contribution in [2.24, 2.45) is 0 Å². The number of amides is 2. The number of thiazole rings is 1. The summed E-state index contributed by atoms with van der Waals surface area (Å²) >= 11 is 1.41. The number of carbonyl (C=O) groups is 2. The second-order valence-corrected chi connectivity index (χ2v) is 7.61. The predicted molar refractivity (Wildman–Crippen MR) is 99.1 cm³/mol. The summed E-state index contributed by atoms with van der Waals surface area (Å²) in [6, 6.07) is 7.91. The molecule has 1 aromatic heterocycles. The third-order valence-corrected chi connectivity index (χ3v) is 4.63. The van der Waals surface area contributed by atoms with Gasteiger partial charge in [-0.3, -0.25) is 4.79 Å². The molecule has 25 heavy (non-hydrogen) atoms. The Labute approximate surface area is 151 Å². The summed E-state index contributed by atoms with van der Waals surface area (Å²) in [6.07, 6.45) is -1.00. The van der Waals surface area contributed by atoms with Crippen molar-refractivity contribution in [3.05, 3.63) is 41.0 Å². The molecule has 0 unspecified atom stereocenters. The lowest BCUT2D eigenvalue weighted by atomic mass is 10.1. The zero-order valence-electron chi connectivity index (χ0n) is 14.9. The van der Waals surface area contributed by atoms with Crippen molar-refractivity contribution in [2.45, 2.75) is 33.2 Å². The maximum absolute atomic E-state index is 12.4. The van der Waals surface area contributed by atoms with E-state index in [-0.39, 0.29) is 19.0 Å². The molecule has 0 spiro atoms. The smallest absolute Gasteiger partial charge is 0.407 e. The maximum atomic E-state index is 12.4. The van der Waals surface area contributed by atoms with Crippen LogP contribution >= 0.6 is 11.3 Å². The van der Waals surface area contributed by atoms with E-state index < -0.39 is 11.6 Å². The molecule has 134 valence electrons. The van der Waals surface area contributed by atoms with Crippen molar-refractivity contribution < 1.29 is 14.7 Å².